The van der Waals surface area contributed by atoms with Gasteiger partial charge in [-0.25, -0.2) is 0 Å². The first-order chi connectivity index (χ1) is 8.15. The number of hydrogen-bond donors (Lipinski definition) is 2. The first-order valence-corrected chi connectivity index (χ1v) is 6.48. The van der Waals surface area contributed by atoms with Crippen molar-refractivity contribution in [3.8, 4) is 0 Å². The zero-order valence-corrected chi connectivity index (χ0v) is 10.6. The summed E-state index contributed by atoms with van der Waals surface area (Å²) in [5, 5.41) is 11.0. The third-order valence-corrected chi connectivity index (χ3v) is 3.51. The summed E-state index contributed by atoms with van der Waals surface area (Å²) in [5.74, 6) is 2.11. The van der Waals surface area contributed by atoms with Crippen molar-refractivity contribution in [1.82, 2.24) is 10.2 Å². The van der Waals surface area contributed by atoms with Gasteiger partial charge in [0.1, 0.15) is 0 Å². The second-order valence-electron chi connectivity index (χ2n) is 5.24. The maximum absolute atomic E-state index is 5.66. The van der Waals surface area contributed by atoms with Crippen LogP contribution in [0.25, 0.3) is 0 Å². The molecule has 1 heterocycles. The summed E-state index contributed by atoms with van der Waals surface area (Å²) in [4.78, 5) is 0. The first kappa shape index (κ1) is 12.4. The zero-order chi connectivity index (χ0) is 12.3. The van der Waals surface area contributed by atoms with Crippen LogP contribution in [0.3, 0.4) is 0 Å². The zero-order valence-electron chi connectivity index (χ0n) is 10.6. The summed E-state index contributed by atoms with van der Waals surface area (Å²) in [6, 6.07) is 0.296. The summed E-state index contributed by atoms with van der Waals surface area (Å²) >= 11 is 0. The molecule has 0 saturated heterocycles. The highest BCUT2D eigenvalue weighted by atomic mass is 16.4. The molecule has 0 aliphatic heterocycles. The molecule has 1 unspecified atom stereocenters. The third kappa shape index (κ3) is 3.43. The average molecular weight is 238 g/mol. The molecule has 1 aliphatic carbocycles. The van der Waals surface area contributed by atoms with Crippen LogP contribution in [-0.4, -0.2) is 16.7 Å². The van der Waals surface area contributed by atoms with Crippen molar-refractivity contribution in [2.45, 2.75) is 45.6 Å². The molecule has 0 aromatic carbocycles. The van der Waals surface area contributed by atoms with E-state index >= 15 is 0 Å². The molecule has 2 rings (SSSR count). The summed E-state index contributed by atoms with van der Waals surface area (Å²) in [6.07, 6.45) is 5.26. The topological polar surface area (TPSA) is 77.0 Å². The second-order valence-corrected chi connectivity index (χ2v) is 5.24. The van der Waals surface area contributed by atoms with E-state index in [-0.39, 0.29) is 6.04 Å². The van der Waals surface area contributed by atoms with Gasteiger partial charge >= 0.3 is 6.01 Å². The van der Waals surface area contributed by atoms with Crippen LogP contribution >= 0.6 is 0 Å². The second kappa shape index (κ2) is 5.49. The maximum Gasteiger partial charge on any atom is 0.315 e. The van der Waals surface area contributed by atoms with E-state index in [1.807, 2.05) is 6.92 Å². The van der Waals surface area contributed by atoms with Crippen molar-refractivity contribution in [1.29, 1.82) is 0 Å². The molecule has 17 heavy (non-hydrogen) atoms. The van der Waals surface area contributed by atoms with Crippen LogP contribution in [0.1, 0.15) is 51.5 Å². The molecule has 1 saturated carbocycles. The van der Waals surface area contributed by atoms with E-state index in [1.165, 1.54) is 25.7 Å². The predicted octanol–water partition coefficient (Wildman–Crippen LogP) is 2.33. The molecular formula is C12H22N4O. The van der Waals surface area contributed by atoms with E-state index in [4.69, 9.17) is 10.2 Å². The minimum absolute atomic E-state index is 0.200. The van der Waals surface area contributed by atoms with Gasteiger partial charge < -0.3 is 15.5 Å². The van der Waals surface area contributed by atoms with Crippen LogP contribution in [0, 0.1) is 11.8 Å². The monoisotopic (exact) mass is 238 g/mol. The minimum atomic E-state index is -0.200. The van der Waals surface area contributed by atoms with Gasteiger partial charge in [0.2, 0.25) is 5.89 Å². The van der Waals surface area contributed by atoms with E-state index in [0.717, 1.165) is 18.4 Å². The third-order valence-electron chi connectivity index (χ3n) is 3.51. The number of aromatic nitrogens is 2. The lowest BCUT2D eigenvalue weighted by molar-refractivity contribution is 0.299. The van der Waals surface area contributed by atoms with Gasteiger partial charge in [-0.15, -0.1) is 5.10 Å². The fraction of sp³-hybridized carbons (Fsp3) is 0.833. The van der Waals surface area contributed by atoms with E-state index in [0.29, 0.717) is 11.9 Å². The predicted molar refractivity (Wildman–Crippen MR) is 66.5 cm³/mol. The fourth-order valence-electron chi connectivity index (χ4n) is 2.25. The van der Waals surface area contributed by atoms with Crippen molar-refractivity contribution < 1.29 is 4.42 Å². The summed E-state index contributed by atoms with van der Waals surface area (Å²) in [5.41, 5.74) is 5.66. The van der Waals surface area contributed by atoms with Gasteiger partial charge in [-0.2, -0.15) is 0 Å². The van der Waals surface area contributed by atoms with Crippen LogP contribution in [0.5, 0.6) is 0 Å². The van der Waals surface area contributed by atoms with Gasteiger partial charge in [0.25, 0.3) is 0 Å². The van der Waals surface area contributed by atoms with Crippen molar-refractivity contribution in [3.05, 3.63) is 5.89 Å². The molecule has 1 atom stereocenters. The fourth-order valence-corrected chi connectivity index (χ4v) is 2.25. The van der Waals surface area contributed by atoms with E-state index in [2.05, 4.69) is 22.4 Å². The van der Waals surface area contributed by atoms with E-state index in [1.54, 1.807) is 0 Å². The molecule has 0 spiro atoms. The van der Waals surface area contributed by atoms with Gasteiger partial charge in [-0.3, -0.25) is 0 Å². The van der Waals surface area contributed by atoms with E-state index in [9.17, 15) is 0 Å². The summed E-state index contributed by atoms with van der Waals surface area (Å²) in [6.45, 7) is 5.09. The SMILES string of the molecule is CC1CCC(CNc2nnc(C(C)N)o2)CC1. The van der Waals surface area contributed by atoms with Crippen molar-refractivity contribution in [2.24, 2.45) is 17.6 Å². The summed E-state index contributed by atoms with van der Waals surface area (Å²) in [7, 11) is 0. The van der Waals surface area contributed by atoms with Crippen molar-refractivity contribution in [3.63, 3.8) is 0 Å². The highest BCUT2D eigenvalue weighted by molar-refractivity contribution is 5.17. The highest BCUT2D eigenvalue weighted by Gasteiger charge is 2.18. The quantitative estimate of drug-likeness (QED) is 0.841. The molecule has 1 aromatic heterocycles. The smallest absolute Gasteiger partial charge is 0.315 e. The first-order valence-electron chi connectivity index (χ1n) is 6.48. The largest absolute Gasteiger partial charge is 0.406 e. The molecule has 5 nitrogen and oxygen atoms in total. The van der Waals surface area contributed by atoms with Crippen molar-refractivity contribution in [2.75, 3.05) is 11.9 Å². The normalized spacial score (nSPS) is 26.8. The highest BCUT2D eigenvalue weighted by Crippen LogP contribution is 2.28. The minimum Gasteiger partial charge on any atom is -0.406 e. The van der Waals surface area contributed by atoms with Gasteiger partial charge in [-0.05, 0) is 31.6 Å². The molecular weight excluding hydrogens is 216 g/mol. The number of nitrogens with two attached hydrogens (primary N) is 1. The number of rotatable bonds is 4. The number of nitrogens with zero attached hydrogens (tertiary/aromatic N) is 2. The van der Waals surface area contributed by atoms with Gasteiger partial charge in [0.15, 0.2) is 0 Å². The Labute approximate surface area is 102 Å². The Bertz CT molecular complexity index is 342. The lowest BCUT2D eigenvalue weighted by Crippen LogP contribution is -2.20. The Kier molecular flexibility index (Phi) is 3.99. The molecule has 0 bridgehead atoms. The molecule has 96 valence electrons. The van der Waals surface area contributed by atoms with Gasteiger partial charge in [0.05, 0.1) is 6.04 Å². The Morgan fingerprint density at radius 3 is 2.65 bits per heavy atom. The van der Waals surface area contributed by atoms with Crippen molar-refractivity contribution >= 4 is 6.01 Å². The maximum atomic E-state index is 5.66. The van der Waals surface area contributed by atoms with Gasteiger partial charge in [0, 0.05) is 6.54 Å². The van der Waals surface area contributed by atoms with Gasteiger partial charge in [-0.1, -0.05) is 24.9 Å². The van der Waals surface area contributed by atoms with Crippen LogP contribution in [0.2, 0.25) is 0 Å². The van der Waals surface area contributed by atoms with Crippen LogP contribution in [0.4, 0.5) is 6.01 Å². The molecule has 5 heteroatoms. The molecule has 1 fully saturated rings. The van der Waals surface area contributed by atoms with E-state index < -0.39 is 0 Å². The molecule has 1 aliphatic rings. The Hall–Kier alpha value is -1.10. The Morgan fingerprint density at radius 2 is 2.06 bits per heavy atom. The lowest BCUT2D eigenvalue weighted by Gasteiger charge is -2.25. The summed E-state index contributed by atoms with van der Waals surface area (Å²) < 4.78 is 5.40. The number of nitrogens with one attached hydrogen (secondary N) is 1. The standard InChI is InChI=1S/C12H22N4O/c1-8-3-5-10(6-4-8)7-14-12-16-15-11(17-12)9(2)13/h8-10H,3-7,13H2,1-2H3,(H,14,16). The number of hydrogen-bond acceptors (Lipinski definition) is 5. The Morgan fingerprint density at radius 1 is 1.35 bits per heavy atom. The molecule has 1 aromatic rings. The van der Waals surface area contributed by atoms with Crippen LogP contribution in [0.15, 0.2) is 4.42 Å². The molecule has 0 radical (unpaired) electrons. The molecule has 0 amide bonds. The van der Waals surface area contributed by atoms with Crippen LogP contribution < -0.4 is 11.1 Å². The van der Waals surface area contributed by atoms with Crippen LogP contribution in [-0.2, 0) is 0 Å². The average Bonchev–Trinajstić information content (AvgIpc) is 2.77. The lowest BCUT2D eigenvalue weighted by atomic mass is 9.83. The number of anilines is 1. The Balaban J connectivity index is 1.77. The molecule has 3 N–H and O–H groups in total.